The van der Waals surface area contributed by atoms with E-state index in [9.17, 15) is 0 Å². The molecule has 2 aromatic rings. The van der Waals surface area contributed by atoms with Gasteiger partial charge in [-0.2, -0.15) is 5.10 Å². The third-order valence-corrected chi connectivity index (χ3v) is 2.28. The second kappa shape index (κ2) is 4.99. The van der Waals surface area contributed by atoms with E-state index in [0.29, 0.717) is 13.1 Å². The number of halogens is 1. The summed E-state index contributed by atoms with van der Waals surface area (Å²) >= 11 is 3.33. The van der Waals surface area contributed by atoms with Gasteiger partial charge in [-0.3, -0.25) is 5.10 Å². The average Bonchev–Trinajstić information content (AvgIpc) is 2.71. The first kappa shape index (κ1) is 10.3. The number of nitrogens with one attached hydrogen (secondary N) is 2. The lowest BCUT2D eigenvalue weighted by Gasteiger charge is -2.02. The fourth-order valence-electron chi connectivity index (χ4n) is 1.17. The van der Waals surface area contributed by atoms with E-state index in [2.05, 4.69) is 41.4 Å². The molecule has 0 aromatic carbocycles. The van der Waals surface area contributed by atoms with Gasteiger partial charge in [0.15, 0.2) is 0 Å². The van der Waals surface area contributed by atoms with Crippen LogP contribution in [-0.4, -0.2) is 20.2 Å². The molecule has 2 N–H and O–H groups in total. The molecule has 15 heavy (non-hydrogen) atoms. The molecule has 0 fully saturated rings. The van der Waals surface area contributed by atoms with Crippen molar-refractivity contribution >= 4 is 15.9 Å². The molecule has 6 heteroatoms. The Morgan fingerprint density at radius 1 is 1.33 bits per heavy atom. The van der Waals surface area contributed by atoms with Crippen LogP contribution in [0.4, 0.5) is 0 Å². The number of pyridine rings is 1. The van der Waals surface area contributed by atoms with Gasteiger partial charge in [-0.25, -0.2) is 9.97 Å². The minimum atomic E-state index is 0.661. The van der Waals surface area contributed by atoms with Gasteiger partial charge in [-0.05, 0) is 28.1 Å². The summed E-state index contributed by atoms with van der Waals surface area (Å²) < 4.78 is 0.849. The third kappa shape index (κ3) is 3.10. The summed E-state index contributed by atoms with van der Waals surface area (Å²) in [7, 11) is 0. The van der Waals surface area contributed by atoms with E-state index in [1.54, 1.807) is 0 Å². The summed E-state index contributed by atoms with van der Waals surface area (Å²) in [6, 6.07) is 5.83. The van der Waals surface area contributed by atoms with Crippen molar-refractivity contribution in [3.05, 3.63) is 40.6 Å². The lowest BCUT2D eigenvalue weighted by atomic mass is 10.3. The molecule has 0 atom stereocenters. The third-order valence-electron chi connectivity index (χ3n) is 1.84. The zero-order valence-corrected chi connectivity index (χ0v) is 9.53. The van der Waals surface area contributed by atoms with Crippen LogP contribution in [0.2, 0.25) is 0 Å². The summed E-state index contributed by atoms with van der Waals surface area (Å²) in [6.07, 6.45) is 1.49. The molecule has 0 aliphatic heterocycles. The first-order valence-corrected chi connectivity index (χ1v) is 5.30. The number of aromatic amines is 1. The maximum atomic E-state index is 4.30. The molecule has 5 nitrogen and oxygen atoms in total. The number of hydrogen-bond acceptors (Lipinski definition) is 4. The number of hydrogen-bond donors (Lipinski definition) is 2. The Labute approximate surface area is 95.5 Å². The Morgan fingerprint density at radius 3 is 3.00 bits per heavy atom. The van der Waals surface area contributed by atoms with Crippen molar-refractivity contribution in [3.63, 3.8) is 0 Å². The van der Waals surface area contributed by atoms with E-state index >= 15 is 0 Å². The Balaban J connectivity index is 1.83. The van der Waals surface area contributed by atoms with E-state index in [4.69, 9.17) is 0 Å². The van der Waals surface area contributed by atoms with Crippen LogP contribution in [0.5, 0.6) is 0 Å². The molecule has 2 rings (SSSR count). The first-order chi connectivity index (χ1) is 7.34. The molecule has 0 bridgehead atoms. The van der Waals surface area contributed by atoms with E-state index in [-0.39, 0.29) is 0 Å². The molecule has 78 valence electrons. The summed E-state index contributed by atoms with van der Waals surface area (Å²) in [5, 5.41) is 9.76. The molecule has 2 heterocycles. The number of aromatic nitrogens is 4. The Bertz CT molecular complexity index is 414. The largest absolute Gasteiger partial charge is 0.304 e. The monoisotopic (exact) mass is 267 g/mol. The fourth-order valence-corrected chi connectivity index (χ4v) is 1.55. The van der Waals surface area contributed by atoms with Gasteiger partial charge in [0, 0.05) is 6.54 Å². The van der Waals surface area contributed by atoms with Crippen molar-refractivity contribution in [1.29, 1.82) is 0 Å². The Hall–Kier alpha value is -1.27. The van der Waals surface area contributed by atoms with Gasteiger partial charge in [-0.15, -0.1) is 0 Å². The van der Waals surface area contributed by atoms with E-state index in [1.165, 1.54) is 6.33 Å². The molecule has 0 spiro atoms. The quantitative estimate of drug-likeness (QED) is 0.819. The molecule has 0 aliphatic rings. The van der Waals surface area contributed by atoms with Crippen molar-refractivity contribution in [3.8, 4) is 0 Å². The van der Waals surface area contributed by atoms with E-state index < -0.39 is 0 Å². The van der Waals surface area contributed by atoms with Crippen LogP contribution >= 0.6 is 15.9 Å². The van der Waals surface area contributed by atoms with Crippen LogP contribution < -0.4 is 5.32 Å². The molecule has 2 aromatic heterocycles. The second-order valence-corrected chi connectivity index (χ2v) is 3.80. The molecule has 0 amide bonds. The number of nitrogens with zero attached hydrogens (tertiary/aromatic N) is 3. The maximum absolute atomic E-state index is 4.30. The van der Waals surface area contributed by atoms with Crippen LogP contribution in [0, 0.1) is 0 Å². The zero-order chi connectivity index (χ0) is 10.5. The summed E-state index contributed by atoms with van der Waals surface area (Å²) in [5.41, 5.74) is 0.990. The van der Waals surface area contributed by atoms with Crippen molar-refractivity contribution in [1.82, 2.24) is 25.5 Å². The summed E-state index contributed by atoms with van der Waals surface area (Å²) in [4.78, 5) is 8.31. The van der Waals surface area contributed by atoms with Gasteiger partial charge in [0.25, 0.3) is 0 Å². The summed E-state index contributed by atoms with van der Waals surface area (Å²) in [5.74, 6) is 0.824. The number of H-pyrrole nitrogens is 1. The normalized spacial score (nSPS) is 10.5. The minimum Gasteiger partial charge on any atom is -0.304 e. The van der Waals surface area contributed by atoms with Gasteiger partial charge in [0.1, 0.15) is 16.8 Å². The highest BCUT2D eigenvalue weighted by Gasteiger charge is 1.97. The molecule has 0 saturated heterocycles. The van der Waals surface area contributed by atoms with Crippen molar-refractivity contribution < 1.29 is 0 Å². The predicted molar refractivity (Wildman–Crippen MR) is 58.9 cm³/mol. The fraction of sp³-hybridized carbons (Fsp3) is 0.222. The van der Waals surface area contributed by atoms with Gasteiger partial charge < -0.3 is 5.32 Å². The Kier molecular flexibility index (Phi) is 3.41. The van der Waals surface area contributed by atoms with Crippen LogP contribution in [0.1, 0.15) is 11.5 Å². The topological polar surface area (TPSA) is 66.5 Å². The zero-order valence-electron chi connectivity index (χ0n) is 7.94. The second-order valence-electron chi connectivity index (χ2n) is 2.99. The molecular weight excluding hydrogens is 258 g/mol. The van der Waals surface area contributed by atoms with Gasteiger partial charge in [-0.1, -0.05) is 6.07 Å². The first-order valence-electron chi connectivity index (χ1n) is 4.51. The molecule has 0 unspecified atom stereocenters. The van der Waals surface area contributed by atoms with Crippen LogP contribution in [0.15, 0.2) is 29.1 Å². The van der Waals surface area contributed by atoms with Crippen molar-refractivity contribution in [2.45, 2.75) is 13.1 Å². The lowest BCUT2D eigenvalue weighted by Crippen LogP contribution is -2.14. The van der Waals surface area contributed by atoms with Crippen molar-refractivity contribution in [2.75, 3.05) is 0 Å². The van der Waals surface area contributed by atoms with Gasteiger partial charge in [0.05, 0.1) is 12.2 Å². The van der Waals surface area contributed by atoms with Crippen LogP contribution in [-0.2, 0) is 13.1 Å². The lowest BCUT2D eigenvalue weighted by molar-refractivity contribution is 0.653. The molecular formula is C9H10BrN5. The van der Waals surface area contributed by atoms with E-state index in [1.807, 2.05) is 18.2 Å². The van der Waals surface area contributed by atoms with Crippen molar-refractivity contribution in [2.24, 2.45) is 0 Å². The van der Waals surface area contributed by atoms with Gasteiger partial charge >= 0.3 is 0 Å². The standard InChI is InChI=1S/C9H10BrN5/c10-8-3-1-2-7(14-8)4-11-5-9-12-6-13-15-9/h1-3,6,11H,4-5H2,(H,12,13,15). The van der Waals surface area contributed by atoms with Gasteiger partial charge in [0.2, 0.25) is 0 Å². The molecule has 0 saturated carbocycles. The SMILES string of the molecule is Brc1cccc(CNCc2ncn[nH]2)n1. The molecule has 0 aliphatic carbocycles. The molecule has 0 radical (unpaired) electrons. The Morgan fingerprint density at radius 2 is 2.27 bits per heavy atom. The number of rotatable bonds is 4. The van der Waals surface area contributed by atoms with Crippen LogP contribution in [0.25, 0.3) is 0 Å². The highest BCUT2D eigenvalue weighted by Crippen LogP contribution is 2.05. The van der Waals surface area contributed by atoms with Crippen LogP contribution in [0.3, 0.4) is 0 Å². The maximum Gasteiger partial charge on any atom is 0.138 e. The highest BCUT2D eigenvalue weighted by atomic mass is 79.9. The average molecular weight is 268 g/mol. The highest BCUT2D eigenvalue weighted by molar-refractivity contribution is 9.10. The summed E-state index contributed by atoms with van der Waals surface area (Å²) in [6.45, 7) is 1.37. The smallest absolute Gasteiger partial charge is 0.138 e. The minimum absolute atomic E-state index is 0.661. The predicted octanol–water partition coefficient (Wildman–Crippen LogP) is 1.25. The van der Waals surface area contributed by atoms with E-state index in [0.717, 1.165) is 16.1 Å².